The van der Waals surface area contributed by atoms with E-state index in [-0.39, 0.29) is 11.7 Å². The van der Waals surface area contributed by atoms with Crippen LogP contribution in [0.15, 0.2) is 24.3 Å². The van der Waals surface area contributed by atoms with E-state index in [1.165, 1.54) is 13.0 Å². The molecule has 0 aliphatic heterocycles. The standard InChI is InChI=1S/C11H12O3/c1-8(12)14-11(9-5-6-9)7-3-2-4-10(11)13/h2-4,7,9H,5-6H2,1H3/t11-/m1/s1. The zero-order valence-electron chi connectivity index (χ0n) is 8.03. The summed E-state index contributed by atoms with van der Waals surface area (Å²) >= 11 is 0. The number of carbonyl (C=O) groups is 2. The van der Waals surface area contributed by atoms with E-state index in [1.54, 1.807) is 18.2 Å². The molecule has 2 rings (SSSR count). The minimum absolute atomic E-state index is 0.113. The van der Waals surface area contributed by atoms with Crippen molar-refractivity contribution in [2.75, 3.05) is 0 Å². The second-order valence-electron chi connectivity index (χ2n) is 3.74. The second-order valence-corrected chi connectivity index (χ2v) is 3.74. The highest BCUT2D eigenvalue weighted by Crippen LogP contribution is 2.44. The molecule has 14 heavy (non-hydrogen) atoms. The fraction of sp³-hybridized carbons (Fsp3) is 0.455. The van der Waals surface area contributed by atoms with E-state index in [2.05, 4.69) is 0 Å². The Labute approximate surface area is 82.4 Å². The summed E-state index contributed by atoms with van der Waals surface area (Å²) in [7, 11) is 0. The monoisotopic (exact) mass is 192 g/mol. The lowest BCUT2D eigenvalue weighted by Gasteiger charge is -2.28. The van der Waals surface area contributed by atoms with E-state index in [1.807, 2.05) is 0 Å². The second kappa shape index (κ2) is 3.08. The summed E-state index contributed by atoms with van der Waals surface area (Å²) < 4.78 is 5.19. The first-order valence-corrected chi connectivity index (χ1v) is 4.75. The predicted octanol–water partition coefficient (Wildman–Crippen LogP) is 1.39. The van der Waals surface area contributed by atoms with Gasteiger partial charge in [0.2, 0.25) is 5.78 Å². The number of ketones is 1. The number of allylic oxidation sites excluding steroid dienone is 2. The van der Waals surface area contributed by atoms with Crippen molar-refractivity contribution in [3.8, 4) is 0 Å². The van der Waals surface area contributed by atoms with E-state index < -0.39 is 11.6 Å². The van der Waals surface area contributed by atoms with Crippen molar-refractivity contribution in [2.45, 2.75) is 25.4 Å². The smallest absolute Gasteiger partial charge is 0.303 e. The van der Waals surface area contributed by atoms with Crippen molar-refractivity contribution in [1.82, 2.24) is 0 Å². The van der Waals surface area contributed by atoms with Gasteiger partial charge in [-0.3, -0.25) is 9.59 Å². The Morgan fingerprint density at radius 2 is 2.21 bits per heavy atom. The lowest BCUT2D eigenvalue weighted by atomic mass is 9.88. The molecule has 0 spiro atoms. The fourth-order valence-electron chi connectivity index (χ4n) is 1.81. The maximum absolute atomic E-state index is 11.7. The molecule has 0 aromatic heterocycles. The Morgan fingerprint density at radius 3 is 2.71 bits per heavy atom. The molecule has 0 aromatic rings. The van der Waals surface area contributed by atoms with Crippen LogP contribution in [-0.2, 0) is 14.3 Å². The molecule has 0 saturated heterocycles. The van der Waals surface area contributed by atoms with Gasteiger partial charge in [-0.05, 0) is 25.0 Å². The van der Waals surface area contributed by atoms with Gasteiger partial charge >= 0.3 is 5.97 Å². The van der Waals surface area contributed by atoms with Gasteiger partial charge in [-0.1, -0.05) is 12.2 Å². The number of esters is 1. The van der Waals surface area contributed by atoms with Crippen LogP contribution in [0.1, 0.15) is 19.8 Å². The molecule has 0 heterocycles. The molecule has 0 radical (unpaired) electrons. The Morgan fingerprint density at radius 1 is 1.50 bits per heavy atom. The normalized spacial score (nSPS) is 30.5. The summed E-state index contributed by atoms with van der Waals surface area (Å²) in [5, 5.41) is 0. The lowest BCUT2D eigenvalue weighted by molar-refractivity contribution is -0.160. The highest BCUT2D eigenvalue weighted by Gasteiger charge is 2.51. The Hall–Kier alpha value is -1.38. The van der Waals surface area contributed by atoms with Gasteiger partial charge in [-0.15, -0.1) is 0 Å². The van der Waals surface area contributed by atoms with E-state index in [4.69, 9.17) is 4.74 Å². The molecule has 1 saturated carbocycles. The van der Waals surface area contributed by atoms with Crippen molar-refractivity contribution >= 4 is 11.8 Å². The molecule has 3 nitrogen and oxygen atoms in total. The zero-order valence-corrected chi connectivity index (χ0v) is 8.03. The van der Waals surface area contributed by atoms with Gasteiger partial charge in [-0.2, -0.15) is 0 Å². The Kier molecular flexibility index (Phi) is 2.02. The van der Waals surface area contributed by atoms with Crippen LogP contribution in [0.25, 0.3) is 0 Å². The number of ether oxygens (including phenoxy) is 1. The van der Waals surface area contributed by atoms with E-state index in [0.717, 1.165) is 12.8 Å². The van der Waals surface area contributed by atoms with Crippen LogP contribution in [0.4, 0.5) is 0 Å². The van der Waals surface area contributed by atoms with Crippen molar-refractivity contribution in [1.29, 1.82) is 0 Å². The van der Waals surface area contributed by atoms with Gasteiger partial charge in [0.05, 0.1) is 0 Å². The molecule has 1 atom stereocenters. The van der Waals surface area contributed by atoms with Crippen LogP contribution < -0.4 is 0 Å². The van der Waals surface area contributed by atoms with Crippen molar-refractivity contribution in [2.24, 2.45) is 5.92 Å². The molecule has 74 valence electrons. The highest BCUT2D eigenvalue weighted by molar-refractivity contribution is 6.01. The van der Waals surface area contributed by atoms with Gasteiger partial charge in [-0.25, -0.2) is 0 Å². The van der Waals surface area contributed by atoms with Crippen LogP contribution in [0.2, 0.25) is 0 Å². The lowest BCUT2D eigenvalue weighted by Crippen LogP contribution is -2.43. The number of hydrogen-bond acceptors (Lipinski definition) is 3. The van der Waals surface area contributed by atoms with Crippen molar-refractivity contribution in [3.63, 3.8) is 0 Å². The number of hydrogen-bond donors (Lipinski definition) is 0. The van der Waals surface area contributed by atoms with Crippen LogP contribution >= 0.6 is 0 Å². The summed E-state index contributed by atoms with van der Waals surface area (Å²) in [6.07, 6.45) is 8.53. The predicted molar refractivity (Wildman–Crippen MR) is 50.5 cm³/mol. The van der Waals surface area contributed by atoms with Crippen LogP contribution in [0.5, 0.6) is 0 Å². The molecular weight excluding hydrogens is 180 g/mol. The van der Waals surface area contributed by atoms with Crippen LogP contribution in [0.3, 0.4) is 0 Å². The van der Waals surface area contributed by atoms with Gasteiger partial charge in [0.1, 0.15) is 0 Å². The first-order valence-electron chi connectivity index (χ1n) is 4.75. The topological polar surface area (TPSA) is 43.4 Å². The third-order valence-electron chi connectivity index (χ3n) is 2.58. The molecule has 0 aromatic carbocycles. The minimum atomic E-state index is -0.986. The maximum Gasteiger partial charge on any atom is 0.303 e. The average Bonchev–Trinajstić information content (AvgIpc) is 2.91. The summed E-state index contributed by atoms with van der Waals surface area (Å²) in [5.41, 5.74) is -0.986. The maximum atomic E-state index is 11.7. The van der Waals surface area contributed by atoms with Crippen LogP contribution in [0, 0.1) is 5.92 Å². The summed E-state index contributed by atoms with van der Waals surface area (Å²) in [5.74, 6) is -0.331. The van der Waals surface area contributed by atoms with E-state index >= 15 is 0 Å². The number of carbonyl (C=O) groups excluding carboxylic acids is 2. The van der Waals surface area contributed by atoms with E-state index in [0.29, 0.717) is 0 Å². The molecule has 0 N–H and O–H groups in total. The highest BCUT2D eigenvalue weighted by atomic mass is 16.6. The molecule has 2 aliphatic carbocycles. The average molecular weight is 192 g/mol. The summed E-state index contributed by atoms with van der Waals surface area (Å²) in [6, 6.07) is 0. The minimum Gasteiger partial charge on any atom is -0.446 e. The molecule has 0 amide bonds. The van der Waals surface area contributed by atoms with Gasteiger partial charge in [0.15, 0.2) is 5.60 Å². The quantitative estimate of drug-likeness (QED) is 0.621. The van der Waals surface area contributed by atoms with Gasteiger partial charge in [0, 0.05) is 12.8 Å². The molecule has 0 bridgehead atoms. The Bertz CT molecular complexity index is 336. The largest absolute Gasteiger partial charge is 0.446 e. The Balaban J connectivity index is 2.29. The molecule has 0 unspecified atom stereocenters. The molecule has 2 aliphatic rings. The first-order chi connectivity index (χ1) is 6.65. The zero-order chi connectivity index (χ0) is 10.2. The van der Waals surface area contributed by atoms with Crippen LogP contribution in [-0.4, -0.2) is 17.4 Å². The first kappa shape index (κ1) is 9.19. The third-order valence-corrected chi connectivity index (χ3v) is 2.58. The van der Waals surface area contributed by atoms with E-state index in [9.17, 15) is 9.59 Å². The molecule has 3 heteroatoms. The SMILES string of the molecule is CC(=O)O[C@@]1(C2CC2)C=CC=CC1=O. The summed E-state index contributed by atoms with van der Waals surface area (Å²) in [4.78, 5) is 22.7. The van der Waals surface area contributed by atoms with Gasteiger partial charge in [0.25, 0.3) is 0 Å². The van der Waals surface area contributed by atoms with Crippen molar-refractivity contribution in [3.05, 3.63) is 24.3 Å². The summed E-state index contributed by atoms with van der Waals surface area (Å²) in [6.45, 7) is 1.34. The van der Waals surface area contributed by atoms with Gasteiger partial charge < -0.3 is 4.74 Å². The number of rotatable bonds is 2. The molecular formula is C11H12O3. The van der Waals surface area contributed by atoms with Crippen molar-refractivity contribution < 1.29 is 14.3 Å². The third kappa shape index (κ3) is 1.39. The molecule has 1 fully saturated rings. The fourth-order valence-corrected chi connectivity index (χ4v) is 1.81.